The summed E-state index contributed by atoms with van der Waals surface area (Å²) in [5.74, 6) is -0.0926. The molecule has 1 aliphatic rings. The van der Waals surface area contributed by atoms with Gasteiger partial charge in [-0.25, -0.2) is 13.1 Å². The minimum atomic E-state index is -3.67. The average molecular weight is 625 g/mol. The number of aromatic nitrogens is 2. The van der Waals surface area contributed by atoms with Crippen molar-refractivity contribution in [1.82, 2.24) is 19.0 Å². The summed E-state index contributed by atoms with van der Waals surface area (Å²) in [6.07, 6.45) is 10.7. The van der Waals surface area contributed by atoms with Crippen LogP contribution in [0.3, 0.4) is 0 Å². The van der Waals surface area contributed by atoms with Crippen LogP contribution in [-0.4, -0.2) is 57.3 Å². The number of nitrogens with zero attached hydrogens (tertiary/aromatic N) is 4. The Labute approximate surface area is 260 Å². The number of unbranched alkanes of at least 4 members (excludes halogenated alkanes) is 4. The smallest absolute Gasteiger partial charge is 0.266 e. The first-order valence-corrected chi connectivity index (χ1v) is 17.5. The summed E-state index contributed by atoms with van der Waals surface area (Å²) >= 11 is 6.89. The zero-order valence-corrected chi connectivity index (χ0v) is 27.1. The van der Waals surface area contributed by atoms with Crippen molar-refractivity contribution in [1.29, 1.82) is 0 Å². The summed E-state index contributed by atoms with van der Waals surface area (Å²) < 4.78 is 31.0. The lowest BCUT2D eigenvalue weighted by atomic mass is 10.1. The Hall–Kier alpha value is -2.79. The van der Waals surface area contributed by atoms with Gasteiger partial charge >= 0.3 is 0 Å². The second-order valence-electron chi connectivity index (χ2n) is 10.4. The van der Waals surface area contributed by atoms with E-state index >= 15 is 0 Å². The van der Waals surface area contributed by atoms with E-state index in [0.717, 1.165) is 43.4 Å². The molecule has 1 amide bonds. The maximum Gasteiger partial charge on any atom is 0.266 e. The molecular weight excluding hydrogens is 585 g/mol. The fourth-order valence-electron chi connectivity index (χ4n) is 4.94. The van der Waals surface area contributed by atoms with Gasteiger partial charge in [0.1, 0.15) is 10.0 Å². The van der Waals surface area contributed by atoms with Gasteiger partial charge in [0.25, 0.3) is 5.91 Å². The largest absolute Gasteiger partial charge is 0.293 e. The first-order chi connectivity index (χ1) is 20.3. The van der Waals surface area contributed by atoms with Crippen molar-refractivity contribution in [2.45, 2.75) is 70.6 Å². The maximum atomic E-state index is 13.6. The minimum Gasteiger partial charge on any atom is -0.293 e. The van der Waals surface area contributed by atoms with Crippen LogP contribution >= 0.6 is 24.0 Å². The lowest BCUT2D eigenvalue weighted by Crippen LogP contribution is -2.32. The Morgan fingerprint density at radius 2 is 1.64 bits per heavy atom. The van der Waals surface area contributed by atoms with Crippen LogP contribution in [0.15, 0.2) is 70.6 Å². The van der Waals surface area contributed by atoms with Gasteiger partial charge in [0.15, 0.2) is 0 Å². The molecule has 0 aliphatic carbocycles. The molecule has 0 bridgehead atoms. The molecule has 0 saturated carbocycles. The first-order valence-electron chi connectivity index (χ1n) is 14.8. The van der Waals surface area contributed by atoms with E-state index in [0.29, 0.717) is 40.1 Å². The van der Waals surface area contributed by atoms with Gasteiger partial charge in [0, 0.05) is 37.0 Å². The van der Waals surface area contributed by atoms with Crippen LogP contribution in [0.25, 0.3) is 23.0 Å². The number of carbonyl (C=O) groups is 1. The molecule has 10 heteroatoms. The van der Waals surface area contributed by atoms with Crippen molar-refractivity contribution in [3.05, 3.63) is 71.3 Å². The van der Waals surface area contributed by atoms with Crippen molar-refractivity contribution in [3.8, 4) is 16.9 Å². The minimum absolute atomic E-state index is 0.0926. The molecule has 0 unspecified atom stereocenters. The normalized spacial score (nSPS) is 15.0. The number of para-hydroxylation sites is 1. The van der Waals surface area contributed by atoms with Gasteiger partial charge in [-0.2, -0.15) is 9.40 Å². The summed E-state index contributed by atoms with van der Waals surface area (Å²) in [5.41, 5.74) is 2.84. The quantitative estimate of drug-likeness (QED) is 0.0989. The predicted molar refractivity (Wildman–Crippen MR) is 177 cm³/mol. The highest BCUT2D eigenvalue weighted by Gasteiger charge is 2.32. The molecule has 224 valence electrons. The number of benzene rings is 2. The average Bonchev–Trinajstić information content (AvgIpc) is 3.53. The molecule has 1 aliphatic heterocycles. The zero-order chi connectivity index (χ0) is 30.1. The van der Waals surface area contributed by atoms with E-state index in [1.54, 1.807) is 32.1 Å². The van der Waals surface area contributed by atoms with E-state index in [1.165, 1.54) is 24.6 Å². The number of rotatable bonds is 15. The predicted octanol–water partition coefficient (Wildman–Crippen LogP) is 7.52. The molecule has 1 aromatic heterocycles. The fourth-order valence-corrected chi connectivity index (χ4v) is 7.91. The van der Waals surface area contributed by atoms with E-state index in [4.69, 9.17) is 17.3 Å². The van der Waals surface area contributed by atoms with Gasteiger partial charge in [-0.05, 0) is 49.6 Å². The van der Waals surface area contributed by atoms with E-state index in [-0.39, 0.29) is 10.8 Å². The number of amides is 1. The van der Waals surface area contributed by atoms with Crippen molar-refractivity contribution in [2.24, 2.45) is 0 Å². The Bertz CT molecular complexity index is 1510. The van der Waals surface area contributed by atoms with Crippen LogP contribution in [0.1, 0.15) is 71.3 Å². The van der Waals surface area contributed by atoms with Gasteiger partial charge in [-0.3, -0.25) is 9.69 Å². The molecule has 3 aromatic rings. The van der Waals surface area contributed by atoms with Crippen LogP contribution in [0, 0.1) is 0 Å². The highest BCUT2D eigenvalue weighted by molar-refractivity contribution is 8.26. The number of carbonyl (C=O) groups excluding carboxylic acids is 1. The summed E-state index contributed by atoms with van der Waals surface area (Å²) in [6, 6.07) is 16.6. The van der Waals surface area contributed by atoms with Crippen molar-refractivity contribution in [2.75, 3.05) is 19.6 Å². The molecule has 0 radical (unpaired) electrons. The molecule has 0 N–H and O–H groups in total. The van der Waals surface area contributed by atoms with E-state index in [9.17, 15) is 13.2 Å². The molecule has 2 heterocycles. The molecule has 2 aromatic carbocycles. The summed E-state index contributed by atoms with van der Waals surface area (Å²) in [6.45, 7) is 7.69. The van der Waals surface area contributed by atoms with Crippen LogP contribution in [0.5, 0.6) is 0 Å². The monoisotopic (exact) mass is 624 g/mol. The van der Waals surface area contributed by atoms with Crippen LogP contribution in [0.4, 0.5) is 0 Å². The third kappa shape index (κ3) is 7.58. The Morgan fingerprint density at radius 1 is 0.929 bits per heavy atom. The number of thiocarbonyl (C=S) groups is 1. The summed E-state index contributed by atoms with van der Waals surface area (Å²) in [7, 11) is -3.67. The Balaban J connectivity index is 1.71. The Kier molecular flexibility index (Phi) is 11.5. The number of sulfonamides is 1. The first kappa shape index (κ1) is 32.1. The molecule has 4 rings (SSSR count). The second-order valence-corrected chi connectivity index (χ2v) is 14.0. The number of hydrogen-bond donors (Lipinski definition) is 0. The number of thioether (sulfide) groups is 1. The van der Waals surface area contributed by atoms with Crippen molar-refractivity contribution >= 4 is 50.3 Å². The van der Waals surface area contributed by atoms with Crippen molar-refractivity contribution < 1.29 is 13.2 Å². The van der Waals surface area contributed by atoms with E-state index in [1.807, 2.05) is 62.5 Å². The van der Waals surface area contributed by atoms with Gasteiger partial charge in [0.2, 0.25) is 10.0 Å². The highest BCUT2D eigenvalue weighted by Crippen LogP contribution is 2.35. The second kappa shape index (κ2) is 15.1. The molecular formula is C32H40N4O3S3. The standard InChI is InChI=1S/C32H40N4O3S3/c1-4-7-8-9-13-21-35-31(37)29(41-32(35)40)23-26-24-36(27-16-11-10-12-17-27)33-30(26)25-15-14-18-28(22-25)42(38,39)34(19-5-2)20-6-3/h10-12,14-18,22-24H,4-9,13,19-21H2,1-3H3. The summed E-state index contributed by atoms with van der Waals surface area (Å²) in [5, 5.41) is 4.87. The van der Waals surface area contributed by atoms with Gasteiger partial charge < -0.3 is 0 Å². The molecule has 42 heavy (non-hydrogen) atoms. The van der Waals surface area contributed by atoms with Gasteiger partial charge in [0.05, 0.1) is 15.5 Å². The van der Waals surface area contributed by atoms with Crippen molar-refractivity contribution in [3.63, 3.8) is 0 Å². The lowest BCUT2D eigenvalue weighted by molar-refractivity contribution is -0.122. The lowest BCUT2D eigenvalue weighted by Gasteiger charge is -2.21. The van der Waals surface area contributed by atoms with E-state index in [2.05, 4.69) is 6.92 Å². The molecule has 0 spiro atoms. The molecule has 0 atom stereocenters. The number of hydrogen-bond acceptors (Lipinski definition) is 6. The van der Waals surface area contributed by atoms with Gasteiger partial charge in [-0.1, -0.05) is 101 Å². The zero-order valence-electron chi connectivity index (χ0n) is 24.7. The van der Waals surface area contributed by atoms with Gasteiger partial charge in [-0.15, -0.1) is 0 Å². The van der Waals surface area contributed by atoms with Crippen LogP contribution in [0.2, 0.25) is 0 Å². The molecule has 1 fully saturated rings. The summed E-state index contributed by atoms with van der Waals surface area (Å²) in [4.78, 5) is 15.9. The SMILES string of the molecule is CCCCCCCN1C(=O)C(=Cc2cn(-c3ccccc3)nc2-c2cccc(S(=O)(=O)N(CCC)CCC)c2)SC1=S. The fraction of sp³-hybridized carbons (Fsp3) is 0.406. The van der Waals surface area contributed by atoms with E-state index < -0.39 is 10.0 Å². The highest BCUT2D eigenvalue weighted by atomic mass is 32.2. The molecule has 7 nitrogen and oxygen atoms in total. The third-order valence-corrected chi connectivity index (χ3v) is 10.4. The maximum absolute atomic E-state index is 13.6. The van der Waals surface area contributed by atoms with Crippen LogP contribution < -0.4 is 0 Å². The molecule has 1 saturated heterocycles. The van der Waals surface area contributed by atoms with Crippen LogP contribution in [-0.2, 0) is 14.8 Å². The topological polar surface area (TPSA) is 75.5 Å². The third-order valence-electron chi connectivity index (χ3n) is 7.10. The Morgan fingerprint density at radius 3 is 2.33 bits per heavy atom.